The van der Waals surface area contributed by atoms with Gasteiger partial charge in [-0.05, 0) is 49.2 Å². The molecule has 0 saturated heterocycles. The molecule has 0 saturated carbocycles. The van der Waals surface area contributed by atoms with Crippen LogP contribution in [0.5, 0.6) is 0 Å². The lowest BCUT2D eigenvalue weighted by molar-refractivity contribution is 0.214. The summed E-state index contributed by atoms with van der Waals surface area (Å²) >= 11 is 0. The molecule has 2 aromatic carbocycles. The van der Waals surface area contributed by atoms with Gasteiger partial charge in [-0.15, -0.1) is 6.58 Å². The van der Waals surface area contributed by atoms with Crippen LogP contribution in [0.3, 0.4) is 0 Å². The van der Waals surface area contributed by atoms with Crippen LogP contribution < -0.4 is 5.32 Å². The molecule has 28 heavy (non-hydrogen) atoms. The smallest absolute Gasteiger partial charge is 0.322 e. The molecule has 0 aliphatic rings. The summed E-state index contributed by atoms with van der Waals surface area (Å²) in [6.07, 6.45) is 3.81. The number of hydrogen-bond donors (Lipinski definition) is 1. The molecule has 2 amide bonds. The van der Waals surface area contributed by atoms with Crippen LogP contribution in [0.1, 0.15) is 22.4 Å². The van der Waals surface area contributed by atoms with Crippen molar-refractivity contribution in [3.05, 3.63) is 102 Å². The number of amides is 2. The van der Waals surface area contributed by atoms with Crippen LogP contribution in [-0.4, -0.2) is 22.0 Å². The van der Waals surface area contributed by atoms with Crippen molar-refractivity contribution >= 4 is 11.7 Å². The number of carbonyl (C=O) groups excluding carboxylic acids is 1. The van der Waals surface area contributed by atoms with E-state index in [9.17, 15) is 4.79 Å². The average molecular weight is 374 g/mol. The number of nitrogens with zero attached hydrogens (tertiary/aromatic N) is 2. The van der Waals surface area contributed by atoms with Crippen LogP contribution in [0.4, 0.5) is 10.5 Å². The van der Waals surface area contributed by atoms with Gasteiger partial charge in [0.15, 0.2) is 0 Å². The molecule has 0 bridgehead atoms. The van der Waals surface area contributed by atoms with Crippen molar-refractivity contribution in [2.24, 2.45) is 0 Å². The van der Waals surface area contributed by atoms with Gasteiger partial charge >= 0.3 is 6.03 Å². The summed E-state index contributed by atoms with van der Waals surface area (Å²) in [5.41, 5.74) is 5.49. The first kappa shape index (κ1) is 19.5. The van der Waals surface area contributed by atoms with Gasteiger partial charge in [-0.2, -0.15) is 0 Å². The number of benzene rings is 2. The van der Waals surface area contributed by atoms with Crippen molar-refractivity contribution < 1.29 is 4.79 Å². The van der Waals surface area contributed by atoms with Gasteiger partial charge in [0.2, 0.25) is 0 Å². The first-order valence-electron chi connectivity index (χ1n) is 9.48. The Morgan fingerprint density at radius 3 is 2.54 bits per heavy atom. The summed E-state index contributed by atoms with van der Waals surface area (Å²) in [5.74, 6) is 0. The lowest BCUT2D eigenvalue weighted by atomic mass is 10.1. The monoisotopic (exact) mass is 373 g/mol. The van der Waals surface area contributed by atoms with Gasteiger partial charge in [0, 0.05) is 30.7 Å². The van der Waals surface area contributed by atoms with E-state index in [1.165, 1.54) is 11.1 Å². The molecule has 4 heteroatoms. The fourth-order valence-corrected chi connectivity index (χ4v) is 3.25. The Morgan fingerprint density at radius 2 is 1.82 bits per heavy atom. The normalized spacial score (nSPS) is 10.5. The fourth-order valence-electron chi connectivity index (χ4n) is 3.25. The van der Waals surface area contributed by atoms with Gasteiger partial charge in [-0.25, -0.2) is 4.79 Å². The van der Waals surface area contributed by atoms with Crippen molar-refractivity contribution in [3.63, 3.8) is 0 Å². The summed E-state index contributed by atoms with van der Waals surface area (Å²) in [5, 5.41) is 2.99. The van der Waals surface area contributed by atoms with Gasteiger partial charge in [0.25, 0.3) is 0 Å². The molecule has 0 unspecified atom stereocenters. The minimum Gasteiger partial charge on any atom is -0.345 e. The summed E-state index contributed by atoms with van der Waals surface area (Å²) in [6.45, 7) is 9.69. The van der Waals surface area contributed by atoms with Crippen molar-refractivity contribution in [3.8, 4) is 0 Å². The van der Waals surface area contributed by atoms with Gasteiger partial charge in [0.1, 0.15) is 0 Å². The largest absolute Gasteiger partial charge is 0.345 e. The minimum atomic E-state index is -0.131. The Labute approximate surface area is 167 Å². The third-order valence-electron chi connectivity index (χ3n) is 4.62. The van der Waals surface area contributed by atoms with Crippen LogP contribution in [0.25, 0.3) is 0 Å². The minimum absolute atomic E-state index is 0.131. The second kappa shape index (κ2) is 9.09. The van der Waals surface area contributed by atoms with Gasteiger partial charge < -0.3 is 14.8 Å². The molecule has 1 N–H and O–H groups in total. The number of aromatic nitrogens is 1. The summed E-state index contributed by atoms with van der Waals surface area (Å²) in [4.78, 5) is 14.6. The van der Waals surface area contributed by atoms with E-state index in [2.05, 4.69) is 59.9 Å². The first-order valence-corrected chi connectivity index (χ1v) is 9.48. The van der Waals surface area contributed by atoms with Crippen molar-refractivity contribution in [2.45, 2.75) is 26.9 Å². The maximum absolute atomic E-state index is 12.8. The fraction of sp³-hybridized carbons (Fsp3) is 0.208. The Balaban J connectivity index is 1.73. The molecule has 0 aliphatic carbocycles. The third-order valence-corrected chi connectivity index (χ3v) is 4.62. The molecule has 0 spiro atoms. The van der Waals surface area contributed by atoms with E-state index in [1.807, 2.05) is 37.3 Å². The third kappa shape index (κ3) is 5.13. The molecule has 3 rings (SSSR count). The molecule has 0 fully saturated rings. The molecular formula is C24H27N3O. The Hall–Kier alpha value is -3.27. The molecule has 1 aromatic heterocycles. The van der Waals surface area contributed by atoms with E-state index in [0.717, 1.165) is 23.5 Å². The lowest BCUT2D eigenvalue weighted by Gasteiger charge is -2.23. The Morgan fingerprint density at radius 1 is 1.07 bits per heavy atom. The number of nitrogens with one attached hydrogen (secondary N) is 1. The highest BCUT2D eigenvalue weighted by molar-refractivity contribution is 5.89. The van der Waals surface area contributed by atoms with Crippen molar-refractivity contribution in [2.75, 3.05) is 11.9 Å². The highest BCUT2D eigenvalue weighted by atomic mass is 16.2. The number of urea groups is 1. The molecule has 144 valence electrons. The second-order valence-electron chi connectivity index (χ2n) is 7.09. The molecule has 3 aromatic rings. The molecule has 0 aliphatic heterocycles. The van der Waals surface area contributed by atoms with E-state index in [4.69, 9.17) is 0 Å². The Bertz CT molecular complexity index is 958. The topological polar surface area (TPSA) is 37.3 Å². The van der Waals surface area contributed by atoms with Crippen LogP contribution >= 0.6 is 0 Å². The molecule has 0 atom stereocenters. The summed E-state index contributed by atoms with van der Waals surface area (Å²) < 4.78 is 2.19. The first-order chi connectivity index (χ1) is 13.5. The van der Waals surface area contributed by atoms with Crippen molar-refractivity contribution in [1.82, 2.24) is 9.47 Å². The Kier molecular flexibility index (Phi) is 6.33. The summed E-state index contributed by atoms with van der Waals surface area (Å²) in [7, 11) is 0. The number of rotatable bonds is 7. The van der Waals surface area contributed by atoms with E-state index >= 15 is 0 Å². The average Bonchev–Trinajstić information content (AvgIpc) is 3.08. The van der Waals surface area contributed by atoms with Crippen LogP contribution in [-0.2, 0) is 13.1 Å². The zero-order valence-corrected chi connectivity index (χ0v) is 16.6. The molecular weight excluding hydrogens is 346 g/mol. The number of hydrogen-bond acceptors (Lipinski definition) is 1. The highest BCUT2D eigenvalue weighted by Crippen LogP contribution is 2.14. The van der Waals surface area contributed by atoms with Gasteiger partial charge in [0.05, 0.1) is 6.54 Å². The molecule has 0 radical (unpaired) electrons. The van der Waals surface area contributed by atoms with E-state index in [-0.39, 0.29) is 6.03 Å². The van der Waals surface area contributed by atoms with Crippen molar-refractivity contribution in [1.29, 1.82) is 0 Å². The zero-order valence-electron chi connectivity index (χ0n) is 16.6. The predicted octanol–water partition coefficient (Wildman–Crippen LogP) is 5.37. The second-order valence-corrected chi connectivity index (χ2v) is 7.09. The molecule has 4 nitrogen and oxygen atoms in total. The number of anilines is 1. The van der Waals surface area contributed by atoms with Crippen LogP contribution in [0.15, 0.2) is 79.5 Å². The number of carbonyl (C=O) groups is 1. The highest BCUT2D eigenvalue weighted by Gasteiger charge is 2.15. The van der Waals surface area contributed by atoms with Crippen LogP contribution in [0.2, 0.25) is 0 Å². The van der Waals surface area contributed by atoms with E-state index in [1.54, 1.807) is 11.0 Å². The molecule has 1 heterocycles. The lowest BCUT2D eigenvalue weighted by Crippen LogP contribution is -2.35. The van der Waals surface area contributed by atoms with Gasteiger partial charge in [-0.1, -0.05) is 48.0 Å². The van der Waals surface area contributed by atoms with E-state index < -0.39 is 0 Å². The van der Waals surface area contributed by atoms with Crippen LogP contribution in [0, 0.1) is 13.8 Å². The quantitative estimate of drug-likeness (QED) is 0.555. The predicted molar refractivity (Wildman–Crippen MR) is 116 cm³/mol. The summed E-state index contributed by atoms with van der Waals surface area (Å²) in [6, 6.07) is 20.3. The van der Waals surface area contributed by atoms with Gasteiger partial charge in [-0.3, -0.25) is 0 Å². The maximum atomic E-state index is 12.8. The number of aryl methyl sites for hydroxylation is 2. The standard InChI is InChI=1S/C24H27N3O/c1-4-13-27(24(28)25-22-11-6-9-20(3)16-22)18-23-12-7-14-26(23)17-21-10-5-8-19(2)15-21/h4-12,14-16H,1,13,17-18H2,2-3H3,(H,25,28). The maximum Gasteiger partial charge on any atom is 0.322 e. The zero-order chi connectivity index (χ0) is 19.9. The van der Waals surface area contributed by atoms with E-state index in [0.29, 0.717) is 13.1 Å². The SMILES string of the molecule is C=CCN(Cc1cccn1Cc1cccc(C)c1)C(=O)Nc1cccc(C)c1.